The summed E-state index contributed by atoms with van der Waals surface area (Å²) >= 11 is 0. The van der Waals surface area contributed by atoms with Crippen LogP contribution >= 0.6 is 0 Å². The molecule has 0 aliphatic carbocycles. The van der Waals surface area contributed by atoms with Crippen molar-refractivity contribution in [3.05, 3.63) is 30.0 Å². The van der Waals surface area contributed by atoms with E-state index in [1.807, 2.05) is 0 Å². The summed E-state index contributed by atoms with van der Waals surface area (Å²) in [6.07, 6.45) is -1.07. The first-order chi connectivity index (χ1) is 5.72. The van der Waals surface area contributed by atoms with Gasteiger partial charge in [0.1, 0.15) is 11.5 Å². The molecule has 0 spiro atoms. The zero-order valence-electron chi connectivity index (χ0n) is 7.11. The van der Waals surface area contributed by atoms with Gasteiger partial charge in [-0.15, -0.1) is 0 Å². The quantitative estimate of drug-likeness (QED) is 0.814. The van der Waals surface area contributed by atoms with Crippen LogP contribution in [-0.2, 0) is 32.7 Å². The first-order valence-electron chi connectivity index (χ1n) is 3.30. The number of hydrogen-bond donors (Lipinski definition) is 0. The number of amides is 1. The van der Waals surface area contributed by atoms with E-state index in [1.165, 1.54) is 0 Å². The SMILES string of the molecule is COc1ccc(OC([NH-])=O)cc1.[Y]. The Balaban J connectivity index is 0.00000144. The first-order valence-corrected chi connectivity index (χ1v) is 3.30. The average Bonchev–Trinajstić information content (AvgIpc) is 2.05. The van der Waals surface area contributed by atoms with Crippen molar-refractivity contribution in [1.82, 2.24) is 0 Å². The Morgan fingerprint density at radius 2 is 1.69 bits per heavy atom. The van der Waals surface area contributed by atoms with Crippen LogP contribution in [0.3, 0.4) is 0 Å². The number of methoxy groups -OCH3 is 1. The molecule has 0 bridgehead atoms. The summed E-state index contributed by atoms with van der Waals surface area (Å²) in [4.78, 5) is 10.2. The van der Waals surface area contributed by atoms with Crippen LogP contribution in [0.4, 0.5) is 4.79 Å². The monoisotopic (exact) mass is 255 g/mol. The molecule has 0 aliphatic heterocycles. The second-order valence-electron chi connectivity index (χ2n) is 2.07. The Kier molecular flexibility index (Phi) is 5.66. The third-order valence-electron chi connectivity index (χ3n) is 1.27. The van der Waals surface area contributed by atoms with E-state index in [-0.39, 0.29) is 32.7 Å². The largest absolute Gasteiger partial charge is 0.631 e. The van der Waals surface area contributed by atoms with Crippen molar-refractivity contribution in [3.63, 3.8) is 0 Å². The van der Waals surface area contributed by atoms with Crippen molar-refractivity contribution in [2.24, 2.45) is 0 Å². The van der Waals surface area contributed by atoms with Gasteiger partial charge in [0, 0.05) is 32.7 Å². The molecule has 0 fully saturated rings. The molecule has 1 aromatic rings. The molecule has 0 saturated heterocycles. The molecule has 0 aromatic heterocycles. The Morgan fingerprint density at radius 1 is 1.23 bits per heavy atom. The van der Waals surface area contributed by atoms with Crippen molar-refractivity contribution in [2.75, 3.05) is 7.11 Å². The van der Waals surface area contributed by atoms with Gasteiger partial charge in [-0.25, -0.2) is 0 Å². The number of nitrogens with one attached hydrogen (secondary N) is 1. The summed E-state index contributed by atoms with van der Waals surface area (Å²) in [5, 5.41) is 0. The summed E-state index contributed by atoms with van der Waals surface area (Å²) in [6.45, 7) is 0. The molecule has 0 unspecified atom stereocenters. The topological polar surface area (TPSA) is 59.3 Å². The maximum Gasteiger partial charge on any atom is 0.232 e. The van der Waals surface area contributed by atoms with E-state index in [0.717, 1.165) is 0 Å². The van der Waals surface area contributed by atoms with Gasteiger partial charge in [-0.1, -0.05) is 0 Å². The van der Waals surface area contributed by atoms with E-state index >= 15 is 0 Å². The fourth-order valence-electron chi connectivity index (χ4n) is 0.751. The van der Waals surface area contributed by atoms with Gasteiger partial charge < -0.3 is 15.2 Å². The van der Waals surface area contributed by atoms with Gasteiger partial charge >= 0.3 is 0 Å². The zero-order valence-corrected chi connectivity index (χ0v) is 9.95. The second-order valence-corrected chi connectivity index (χ2v) is 2.07. The van der Waals surface area contributed by atoms with E-state index in [2.05, 4.69) is 4.74 Å². The van der Waals surface area contributed by atoms with Crippen LogP contribution in [0.5, 0.6) is 11.5 Å². The van der Waals surface area contributed by atoms with Crippen molar-refractivity contribution < 1.29 is 47.0 Å². The molecular weight excluding hydrogens is 247 g/mol. The van der Waals surface area contributed by atoms with Gasteiger partial charge in [-0.2, -0.15) is 0 Å². The van der Waals surface area contributed by atoms with Crippen molar-refractivity contribution in [2.45, 2.75) is 0 Å². The second kappa shape index (κ2) is 5.94. The fourth-order valence-corrected chi connectivity index (χ4v) is 0.751. The smallest absolute Gasteiger partial charge is 0.232 e. The molecule has 1 aromatic carbocycles. The van der Waals surface area contributed by atoms with Crippen LogP contribution in [0.25, 0.3) is 5.73 Å². The maximum atomic E-state index is 10.2. The van der Waals surface area contributed by atoms with Crippen LogP contribution in [0.1, 0.15) is 0 Å². The van der Waals surface area contributed by atoms with Crippen molar-refractivity contribution >= 4 is 6.09 Å². The predicted octanol–water partition coefficient (Wildman–Crippen LogP) is 2.24. The van der Waals surface area contributed by atoms with Crippen LogP contribution in [0, 0.1) is 0 Å². The molecule has 5 heteroatoms. The van der Waals surface area contributed by atoms with Gasteiger partial charge in [0.15, 0.2) is 0 Å². The third-order valence-corrected chi connectivity index (χ3v) is 1.27. The minimum atomic E-state index is -1.07. The van der Waals surface area contributed by atoms with E-state index in [4.69, 9.17) is 10.5 Å². The maximum absolute atomic E-state index is 10.2. The summed E-state index contributed by atoms with van der Waals surface area (Å²) in [7, 11) is 1.55. The van der Waals surface area contributed by atoms with E-state index in [0.29, 0.717) is 11.5 Å². The van der Waals surface area contributed by atoms with Crippen molar-refractivity contribution in [3.8, 4) is 11.5 Å². The average molecular weight is 255 g/mol. The molecule has 13 heavy (non-hydrogen) atoms. The molecule has 0 atom stereocenters. The summed E-state index contributed by atoms with van der Waals surface area (Å²) in [6, 6.07) is 6.42. The van der Waals surface area contributed by atoms with E-state index in [1.54, 1.807) is 31.4 Å². The number of carbonyl (C=O) groups excluding carboxylic acids is 1. The Hall–Kier alpha value is -0.606. The van der Waals surface area contributed by atoms with E-state index < -0.39 is 6.09 Å². The molecule has 1 rings (SSSR count). The molecule has 0 saturated carbocycles. The summed E-state index contributed by atoms with van der Waals surface area (Å²) in [5.41, 5.74) is 6.52. The molecule has 1 N–H and O–H groups in total. The van der Waals surface area contributed by atoms with Crippen molar-refractivity contribution in [1.29, 1.82) is 0 Å². The molecule has 4 nitrogen and oxygen atoms in total. The van der Waals surface area contributed by atoms with Gasteiger partial charge in [-0.3, -0.25) is 4.79 Å². The molecular formula is C8H8NO3Y-. The standard InChI is InChI=1S/C8H9NO3.Y/c1-11-6-2-4-7(5-3-6)12-8(9)10;/h2-5H,1H3,(H2,9,10);/p-1. The minimum absolute atomic E-state index is 0. The predicted molar refractivity (Wildman–Crippen MR) is 43.3 cm³/mol. The molecule has 1 amide bonds. The third kappa shape index (κ3) is 4.24. The van der Waals surface area contributed by atoms with Gasteiger partial charge in [0.2, 0.25) is 6.09 Å². The number of rotatable bonds is 2. The Bertz CT molecular complexity index is 273. The van der Waals surface area contributed by atoms with Crippen LogP contribution < -0.4 is 9.47 Å². The molecule has 0 heterocycles. The molecule has 1 radical (unpaired) electrons. The minimum Gasteiger partial charge on any atom is -0.631 e. The Labute approximate surface area is 101 Å². The van der Waals surface area contributed by atoms with Crippen LogP contribution in [0.15, 0.2) is 24.3 Å². The first kappa shape index (κ1) is 12.4. The normalized spacial score (nSPS) is 8.38. The summed E-state index contributed by atoms with van der Waals surface area (Å²) < 4.78 is 9.37. The Morgan fingerprint density at radius 3 is 2.08 bits per heavy atom. The van der Waals surface area contributed by atoms with Crippen LogP contribution in [-0.4, -0.2) is 13.2 Å². The molecule has 67 valence electrons. The number of carbonyl (C=O) groups is 1. The number of ether oxygens (including phenoxy) is 2. The van der Waals surface area contributed by atoms with Gasteiger partial charge in [-0.05, 0) is 24.3 Å². The van der Waals surface area contributed by atoms with Crippen LogP contribution in [0.2, 0.25) is 0 Å². The summed E-state index contributed by atoms with van der Waals surface area (Å²) in [5.74, 6) is 1.02. The zero-order chi connectivity index (χ0) is 8.97. The van der Waals surface area contributed by atoms with E-state index in [9.17, 15) is 4.79 Å². The number of benzene rings is 1. The fraction of sp³-hybridized carbons (Fsp3) is 0.125. The molecule has 0 aliphatic rings. The van der Waals surface area contributed by atoms with Gasteiger partial charge in [0.25, 0.3) is 0 Å². The van der Waals surface area contributed by atoms with Gasteiger partial charge in [0.05, 0.1) is 7.11 Å². The number of hydrogen-bond acceptors (Lipinski definition) is 3.